The van der Waals surface area contributed by atoms with Crippen molar-refractivity contribution in [2.24, 2.45) is 5.41 Å². The molecule has 1 aromatic rings. The molecule has 98 valence electrons. The minimum absolute atomic E-state index is 0.143. The molecule has 3 nitrogen and oxygen atoms in total. The second kappa shape index (κ2) is 4.63. The summed E-state index contributed by atoms with van der Waals surface area (Å²) >= 11 is 0. The van der Waals surface area contributed by atoms with Crippen LogP contribution in [0.2, 0.25) is 0 Å². The van der Waals surface area contributed by atoms with Gasteiger partial charge in [0.2, 0.25) is 0 Å². The molecule has 0 saturated carbocycles. The van der Waals surface area contributed by atoms with E-state index in [-0.39, 0.29) is 6.10 Å². The van der Waals surface area contributed by atoms with Gasteiger partial charge >= 0.3 is 5.97 Å². The second-order valence-corrected chi connectivity index (χ2v) is 5.60. The Hall–Kier alpha value is -1.51. The van der Waals surface area contributed by atoms with Crippen molar-refractivity contribution >= 4 is 5.97 Å². The lowest BCUT2D eigenvalue weighted by molar-refractivity contribution is -0.148. The van der Waals surface area contributed by atoms with Crippen LogP contribution in [0.1, 0.15) is 38.3 Å². The van der Waals surface area contributed by atoms with E-state index in [1.54, 1.807) is 0 Å². The molecule has 1 atom stereocenters. The van der Waals surface area contributed by atoms with Crippen LogP contribution in [0.3, 0.4) is 0 Å². The number of carboxylic acid groups (broad SMARTS) is 1. The largest absolute Gasteiger partial charge is 0.491 e. The molecule has 0 saturated heterocycles. The predicted octanol–water partition coefficient (Wildman–Crippen LogP) is 3.05. The van der Waals surface area contributed by atoms with Gasteiger partial charge in [0.15, 0.2) is 0 Å². The monoisotopic (exact) mass is 248 g/mol. The van der Waals surface area contributed by atoms with Crippen LogP contribution in [0.25, 0.3) is 0 Å². The van der Waals surface area contributed by atoms with E-state index in [2.05, 4.69) is 0 Å². The van der Waals surface area contributed by atoms with E-state index in [1.807, 2.05) is 39.0 Å². The molecule has 1 unspecified atom stereocenters. The first-order chi connectivity index (χ1) is 8.42. The van der Waals surface area contributed by atoms with E-state index in [0.29, 0.717) is 12.8 Å². The number of benzene rings is 1. The van der Waals surface area contributed by atoms with E-state index >= 15 is 0 Å². The molecular formula is C15H20O3. The Balaban J connectivity index is 2.32. The summed E-state index contributed by atoms with van der Waals surface area (Å²) in [6.45, 7) is 5.83. The standard InChI is InChI=1S/C15H20O3/c1-10(2)18-13-6-4-5-11-9-15(3,14(16)17)8-7-12(11)13/h4-6,10H,7-9H2,1-3H3,(H,16,17). The van der Waals surface area contributed by atoms with Gasteiger partial charge in [-0.1, -0.05) is 12.1 Å². The third-order valence-electron chi connectivity index (χ3n) is 3.62. The smallest absolute Gasteiger partial charge is 0.309 e. The van der Waals surface area contributed by atoms with Crippen LogP contribution in [0.5, 0.6) is 5.75 Å². The molecule has 1 aliphatic rings. The average Bonchev–Trinajstić information content (AvgIpc) is 2.28. The number of aliphatic carboxylic acids is 1. The maximum absolute atomic E-state index is 11.3. The minimum atomic E-state index is -0.705. The molecule has 18 heavy (non-hydrogen) atoms. The summed E-state index contributed by atoms with van der Waals surface area (Å²) in [4.78, 5) is 11.3. The Kier molecular flexibility index (Phi) is 3.33. The fourth-order valence-corrected chi connectivity index (χ4v) is 2.52. The second-order valence-electron chi connectivity index (χ2n) is 5.60. The van der Waals surface area contributed by atoms with Gasteiger partial charge in [0, 0.05) is 0 Å². The van der Waals surface area contributed by atoms with Gasteiger partial charge in [-0.3, -0.25) is 4.79 Å². The van der Waals surface area contributed by atoms with Gasteiger partial charge < -0.3 is 9.84 Å². The van der Waals surface area contributed by atoms with Crippen molar-refractivity contribution in [2.75, 3.05) is 0 Å². The van der Waals surface area contributed by atoms with E-state index in [1.165, 1.54) is 5.56 Å². The molecule has 0 aromatic heterocycles. The molecule has 0 bridgehead atoms. The molecule has 0 radical (unpaired) electrons. The molecule has 1 N–H and O–H groups in total. The zero-order chi connectivity index (χ0) is 13.3. The summed E-state index contributed by atoms with van der Waals surface area (Å²) in [7, 11) is 0. The number of hydrogen-bond acceptors (Lipinski definition) is 2. The summed E-state index contributed by atoms with van der Waals surface area (Å²) in [5.74, 6) is 0.207. The summed E-state index contributed by atoms with van der Waals surface area (Å²) < 4.78 is 5.79. The lowest BCUT2D eigenvalue weighted by Crippen LogP contribution is -2.34. The molecule has 0 aliphatic heterocycles. The Morgan fingerprint density at radius 3 is 2.78 bits per heavy atom. The normalized spacial score (nSPS) is 22.7. The minimum Gasteiger partial charge on any atom is -0.491 e. The van der Waals surface area contributed by atoms with Crippen LogP contribution in [0, 0.1) is 5.41 Å². The number of carboxylic acids is 1. The topological polar surface area (TPSA) is 46.5 Å². The fourth-order valence-electron chi connectivity index (χ4n) is 2.52. The highest BCUT2D eigenvalue weighted by Crippen LogP contribution is 2.39. The Morgan fingerprint density at radius 2 is 2.17 bits per heavy atom. The van der Waals surface area contributed by atoms with Gasteiger partial charge in [0.05, 0.1) is 11.5 Å². The first-order valence-corrected chi connectivity index (χ1v) is 6.43. The number of hydrogen-bond donors (Lipinski definition) is 1. The molecule has 0 fully saturated rings. The van der Waals surface area contributed by atoms with Gasteiger partial charge in [-0.15, -0.1) is 0 Å². The summed E-state index contributed by atoms with van der Waals surface area (Å²) in [6, 6.07) is 5.94. The maximum Gasteiger partial charge on any atom is 0.309 e. The Bertz CT molecular complexity index is 465. The lowest BCUT2D eigenvalue weighted by Gasteiger charge is -2.32. The maximum atomic E-state index is 11.3. The number of carbonyl (C=O) groups is 1. The van der Waals surface area contributed by atoms with E-state index in [4.69, 9.17) is 4.74 Å². The van der Waals surface area contributed by atoms with Crippen molar-refractivity contribution in [2.45, 2.75) is 46.1 Å². The predicted molar refractivity (Wildman–Crippen MR) is 70.0 cm³/mol. The quantitative estimate of drug-likeness (QED) is 0.894. The van der Waals surface area contributed by atoms with Crippen LogP contribution in [-0.4, -0.2) is 17.2 Å². The summed E-state index contributed by atoms with van der Waals surface area (Å²) in [6.07, 6.45) is 2.19. The third-order valence-corrected chi connectivity index (χ3v) is 3.62. The Morgan fingerprint density at radius 1 is 1.44 bits per heavy atom. The number of fused-ring (bicyclic) bond motifs is 1. The van der Waals surface area contributed by atoms with E-state index in [0.717, 1.165) is 17.7 Å². The van der Waals surface area contributed by atoms with Crippen molar-refractivity contribution in [1.29, 1.82) is 0 Å². The SMILES string of the molecule is CC(C)Oc1cccc2c1CCC(C)(C(=O)O)C2. The van der Waals surface area contributed by atoms with Crippen molar-refractivity contribution < 1.29 is 14.6 Å². The molecular weight excluding hydrogens is 228 g/mol. The van der Waals surface area contributed by atoms with Crippen molar-refractivity contribution in [1.82, 2.24) is 0 Å². The van der Waals surface area contributed by atoms with Gasteiger partial charge in [-0.25, -0.2) is 0 Å². The van der Waals surface area contributed by atoms with Gasteiger partial charge in [-0.2, -0.15) is 0 Å². The molecule has 0 heterocycles. The van der Waals surface area contributed by atoms with Crippen LogP contribution >= 0.6 is 0 Å². The van der Waals surface area contributed by atoms with E-state index in [9.17, 15) is 9.90 Å². The fraction of sp³-hybridized carbons (Fsp3) is 0.533. The van der Waals surface area contributed by atoms with Crippen molar-refractivity contribution in [3.05, 3.63) is 29.3 Å². The third kappa shape index (κ3) is 2.35. The van der Waals surface area contributed by atoms with Gasteiger partial charge in [0.25, 0.3) is 0 Å². The molecule has 0 spiro atoms. The number of rotatable bonds is 3. The zero-order valence-electron chi connectivity index (χ0n) is 11.2. The average molecular weight is 248 g/mol. The molecule has 2 rings (SSSR count). The molecule has 3 heteroatoms. The van der Waals surface area contributed by atoms with Gasteiger partial charge in [-0.05, 0) is 57.2 Å². The first-order valence-electron chi connectivity index (χ1n) is 6.43. The van der Waals surface area contributed by atoms with Crippen LogP contribution in [-0.2, 0) is 17.6 Å². The lowest BCUT2D eigenvalue weighted by atomic mass is 9.73. The van der Waals surface area contributed by atoms with E-state index < -0.39 is 11.4 Å². The summed E-state index contributed by atoms with van der Waals surface area (Å²) in [5.41, 5.74) is 1.66. The first kappa shape index (κ1) is 12.9. The molecule has 0 amide bonds. The van der Waals surface area contributed by atoms with Gasteiger partial charge in [0.1, 0.15) is 5.75 Å². The highest BCUT2D eigenvalue weighted by atomic mass is 16.5. The summed E-state index contributed by atoms with van der Waals surface area (Å²) in [5, 5.41) is 9.31. The van der Waals surface area contributed by atoms with Crippen molar-refractivity contribution in [3.8, 4) is 5.75 Å². The zero-order valence-corrected chi connectivity index (χ0v) is 11.2. The van der Waals surface area contributed by atoms with Crippen LogP contribution in [0.4, 0.5) is 0 Å². The molecule has 1 aliphatic carbocycles. The van der Waals surface area contributed by atoms with Crippen molar-refractivity contribution in [3.63, 3.8) is 0 Å². The highest BCUT2D eigenvalue weighted by Gasteiger charge is 2.37. The highest BCUT2D eigenvalue weighted by molar-refractivity contribution is 5.75. The van der Waals surface area contributed by atoms with Crippen LogP contribution < -0.4 is 4.74 Å². The van der Waals surface area contributed by atoms with Crippen LogP contribution in [0.15, 0.2) is 18.2 Å². The Labute approximate surface area is 108 Å². The molecule has 1 aromatic carbocycles. The number of ether oxygens (including phenoxy) is 1.